The van der Waals surface area contributed by atoms with Crippen LogP contribution in [-0.2, 0) is 38.6 Å². The minimum atomic E-state index is -1.17. The number of esters is 1. The Labute approximate surface area is 202 Å². The second-order valence-electron chi connectivity index (χ2n) is 7.71. The molecule has 2 N–H and O–H groups in total. The van der Waals surface area contributed by atoms with Crippen LogP contribution in [0.3, 0.4) is 0 Å². The van der Waals surface area contributed by atoms with Gasteiger partial charge in [0.05, 0.1) is 0 Å². The fourth-order valence-corrected chi connectivity index (χ4v) is 2.92. The summed E-state index contributed by atoms with van der Waals surface area (Å²) in [5, 5.41) is 16.7. The van der Waals surface area contributed by atoms with Crippen molar-refractivity contribution in [2.75, 3.05) is 0 Å². The quantitative estimate of drug-likeness (QED) is 0.0919. The van der Waals surface area contributed by atoms with Crippen molar-refractivity contribution in [3.8, 4) is 0 Å². The number of aliphatic carboxylic acids is 2. The van der Waals surface area contributed by atoms with Crippen LogP contribution >= 0.6 is 0 Å². The van der Waals surface area contributed by atoms with E-state index in [0.717, 1.165) is 18.9 Å². The van der Waals surface area contributed by atoms with E-state index in [0.29, 0.717) is 6.42 Å². The van der Waals surface area contributed by atoms with Crippen molar-refractivity contribution < 1.29 is 48.8 Å². The molecule has 0 saturated heterocycles. The molecule has 0 aliphatic rings. The Hall–Kier alpha value is -1.23. The van der Waals surface area contributed by atoms with Crippen LogP contribution in [0.4, 0.5) is 0 Å². The van der Waals surface area contributed by atoms with Crippen molar-refractivity contribution in [2.24, 2.45) is 0 Å². The van der Waals surface area contributed by atoms with Crippen LogP contribution in [0.25, 0.3) is 0 Å². The number of carbonyl (C=O) groups excluding carboxylic acids is 1. The van der Waals surface area contributed by atoms with E-state index in [-0.39, 0.29) is 19.5 Å². The summed E-state index contributed by atoms with van der Waals surface area (Å²) in [6.07, 6.45) is 20.0. The number of hydrogen-bond donors (Lipinski definition) is 2. The summed E-state index contributed by atoms with van der Waals surface area (Å²) < 4.78 is 4.30. The standard InChI is InChI=1S/C18H36O2.C6H8O4.Zn/c1-2-3-4-5-6-7-8-9-10-11-12-13-14-15-16-17-18(19)20;1-3-5(7)10-4(2)6(8)9;/h2-17H2,1H3,(H,19,20);3-4H,1H2,2H3,(H,8,9);. The summed E-state index contributed by atoms with van der Waals surface area (Å²) in [5.41, 5.74) is 0. The van der Waals surface area contributed by atoms with Gasteiger partial charge in [-0.05, 0) is 13.3 Å². The van der Waals surface area contributed by atoms with Gasteiger partial charge in [-0.25, -0.2) is 9.59 Å². The summed E-state index contributed by atoms with van der Waals surface area (Å²) >= 11 is 0. The summed E-state index contributed by atoms with van der Waals surface area (Å²) in [6.45, 7) is 6.64. The molecule has 0 radical (unpaired) electrons. The maximum atomic E-state index is 10.3. The van der Waals surface area contributed by atoms with E-state index in [2.05, 4.69) is 18.2 Å². The molecule has 0 fully saturated rings. The summed E-state index contributed by atoms with van der Waals surface area (Å²) in [6, 6.07) is 0. The minimum Gasteiger partial charge on any atom is -0.481 e. The minimum absolute atomic E-state index is 0. The van der Waals surface area contributed by atoms with E-state index in [1.54, 1.807) is 0 Å². The van der Waals surface area contributed by atoms with Gasteiger partial charge in [0.2, 0.25) is 0 Å². The Morgan fingerprint density at radius 1 is 0.774 bits per heavy atom. The van der Waals surface area contributed by atoms with Crippen molar-refractivity contribution in [1.82, 2.24) is 0 Å². The van der Waals surface area contributed by atoms with Crippen LogP contribution in [0, 0.1) is 0 Å². The molecule has 0 spiro atoms. The molecule has 0 aromatic heterocycles. The molecule has 0 aliphatic carbocycles. The Morgan fingerprint density at radius 3 is 1.42 bits per heavy atom. The summed E-state index contributed by atoms with van der Waals surface area (Å²) in [7, 11) is 0. The van der Waals surface area contributed by atoms with Crippen molar-refractivity contribution in [2.45, 2.75) is 123 Å². The van der Waals surface area contributed by atoms with Crippen LogP contribution < -0.4 is 0 Å². The van der Waals surface area contributed by atoms with Gasteiger partial charge in [-0.3, -0.25) is 4.79 Å². The number of ether oxygens (including phenoxy) is 1. The molecule has 1 atom stereocenters. The molecule has 0 saturated carbocycles. The topological polar surface area (TPSA) is 101 Å². The number of carboxylic acid groups (broad SMARTS) is 2. The van der Waals surface area contributed by atoms with Crippen molar-refractivity contribution in [3.05, 3.63) is 12.7 Å². The molecule has 0 aromatic rings. The maximum absolute atomic E-state index is 10.3. The third-order valence-corrected chi connectivity index (χ3v) is 4.80. The molecular formula is C24H44O6Zn. The molecule has 0 amide bonds. The van der Waals surface area contributed by atoms with Crippen molar-refractivity contribution in [1.29, 1.82) is 0 Å². The van der Waals surface area contributed by atoms with Gasteiger partial charge in [-0.1, -0.05) is 103 Å². The average Bonchev–Trinajstić information content (AvgIpc) is 2.70. The molecule has 7 heteroatoms. The van der Waals surface area contributed by atoms with E-state index in [4.69, 9.17) is 10.2 Å². The van der Waals surface area contributed by atoms with Gasteiger partial charge >= 0.3 is 17.9 Å². The predicted molar refractivity (Wildman–Crippen MR) is 121 cm³/mol. The van der Waals surface area contributed by atoms with E-state index >= 15 is 0 Å². The molecule has 0 rings (SSSR count). The smallest absolute Gasteiger partial charge is 0.344 e. The monoisotopic (exact) mass is 492 g/mol. The van der Waals surface area contributed by atoms with Crippen molar-refractivity contribution in [3.63, 3.8) is 0 Å². The molecule has 0 bridgehead atoms. The predicted octanol–water partition coefficient (Wildman–Crippen LogP) is 6.52. The molecule has 0 aromatic carbocycles. The van der Waals surface area contributed by atoms with Crippen molar-refractivity contribution >= 4 is 17.9 Å². The normalized spacial score (nSPS) is 10.8. The van der Waals surface area contributed by atoms with E-state index < -0.39 is 24.0 Å². The fraction of sp³-hybridized carbons (Fsp3) is 0.792. The third kappa shape index (κ3) is 31.0. The largest absolute Gasteiger partial charge is 0.481 e. The zero-order valence-electron chi connectivity index (χ0n) is 19.9. The van der Waals surface area contributed by atoms with Crippen LogP contribution in [-0.4, -0.2) is 34.2 Å². The molecule has 1 unspecified atom stereocenters. The Bertz CT molecular complexity index is 453. The molecule has 31 heavy (non-hydrogen) atoms. The first-order chi connectivity index (χ1) is 14.3. The van der Waals surface area contributed by atoms with Gasteiger partial charge in [-0.2, -0.15) is 0 Å². The van der Waals surface area contributed by atoms with E-state index in [1.807, 2.05) is 0 Å². The second kappa shape index (κ2) is 26.8. The summed E-state index contributed by atoms with van der Waals surface area (Å²) in [4.78, 5) is 30.7. The first-order valence-corrected chi connectivity index (χ1v) is 11.6. The molecular weight excluding hydrogens is 450 g/mol. The number of carbonyl (C=O) groups is 3. The first-order valence-electron chi connectivity index (χ1n) is 11.6. The number of carboxylic acids is 2. The molecule has 0 heterocycles. The van der Waals surface area contributed by atoms with Crippen LogP contribution in [0.2, 0.25) is 0 Å². The fourth-order valence-electron chi connectivity index (χ4n) is 2.92. The Morgan fingerprint density at radius 2 is 1.13 bits per heavy atom. The SMILES string of the molecule is C=CC(=O)OC(C)C(=O)O.CCCCCCCCCCCCCCCCCC(=O)O.[Zn]. The second-order valence-corrected chi connectivity index (χ2v) is 7.71. The van der Waals surface area contributed by atoms with Gasteiger partial charge in [0.25, 0.3) is 0 Å². The van der Waals surface area contributed by atoms with Gasteiger partial charge in [0.15, 0.2) is 6.10 Å². The Balaban J connectivity index is -0.000000604. The van der Waals surface area contributed by atoms with Crippen LogP contribution in [0.1, 0.15) is 117 Å². The van der Waals surface area contributed by atoms with Gasteiger partial charge in [0.1, 0.15) is 0 Å². The third-order valence-electron chi connectivity index (χ3n) is 4.80. The summed E-state index contributed by atoms with van der Waals surface area (Å²) in [5.74, 6) is -2.55. The first kappa shape index (κ1) is 34.4. The van der Waals surface area contributed by atoms with E-state index in [9.17, 15) is 14.4 Å². The van der Waals surface area contributed by atoms with Gasteiger partial charge < -0.3 is 14.9 Å². The number of hydrogen-bond acceptors (Lipinski definition) is 4. The molecule has 0 aliphatic heterocycles. The maximum Gasteiger partial charge on any atom is 0.344 e. The van der Waals surface area contributed by atoms with Crippen LogP contribution in [0.15, 0.2) is 12.7 Å². The van der Waals surface area contributed by atoms with E-state index in [1.165, 1.54) is 90.4 Å². The van der Waals surface area contributed by atoms with Crippen LogP contribution in [0.5, 0.6) is 0 Å². The molecule has 178 valence electrons. The Kier molecular flexibility index (Phi) is 29.7. The zero-order chi connectivity index (χ0) is 23.0. The van der Waals surface area contributed by atoms with Gasteiger partial charge in [-0.15, -0.1) is 0 Å². The van der Waals surface area contributed by atoms with Gasteiger partial charge in [0, 0.05) is 32.0 Å². The zero-order valence-corrected chi connectivity index (χ0v) is 22.9. The number of unbranched alkanes of at least 4 members (excludes halogenated alkanes) is 14. The number of rotatable bonds is 19. The average molecular weight is 494 g/mol. The molecule has 6 nitrogen and oxygen atoms in total.